The van der Waals surface area contributed by atoms with Gasteiger partial charge in [-0.1, -0.05) is 42.5 Å². The van der Waals surface area contributed by atoms with Crippen molar-refractivity contribution in [2.24, 2.45) is 0 Å². The fraction of sp³-hybridized carbons (Fsp3) is 0.300. The van der Waals surface area contributed by atoms with Crippen LogP contribution < -0.4 is 5.32 Å². The molecule has 0 fully saturated rings. The van der Waals surface area contributed by atoms with Crippen LogP contribution in [0.5, 0.6) is 0 Å². The van der Waals surface area contributed by atoms with Gasteiger partial charge in [0, 0.05) is 12.8 Å². The first-order valence-electron chi connectivity index (χ1n) is 7.98. The summed E-state index contributed by atoms with van der Waals surface area (Å²) >= 11 is 0. The van der Waals surface area contributed by atoms with E-state index in [0.717, 1.165) is 5.56 Å². The van der Waals surface area contributed by atoms with E-state index in [1.54, 1.807) is 45.0 Å². The number of carboxylic acids is 1. The van der Waals surface area contributed by atoms with Crippen LogP contribution >= 0.6 is 0 Å². The number of carboxylic acid groups (broad SMARTS) is 1. The molecule has 1 amide bonds. The van der Waals surface area contributed by atoms with Crippen molar-refractivity contribution in [2.75, 3.05) is 12.4 Å². The molecule has 0 aliphatic carbocycles. The Balaban J connectivity index is 2.21. The van der Waals surface area contributed by atoms with E-state index in [9.17, 15) is 14.7 Å². The van der Waals surface area contributed by atoms with E-state index < -0.39 is 17.0 Å². The Morgan fingerprint density at radius 1 is 0.920 bits per heavy atom. The molecular formula is C20H23NO4. The first-order valence-corrected chi connectivity index (χ1v) is 7.98. The highest BCUT2D eigenvalue weighted by Gasteiger charge is 2.35. The number of hydrogen-bond acceptors (Lipinski definition) is 3. The monoisotopic (exact) mass is 341 g/mol. The average Bonchev–Trinajstić information content (AvgIpc) is 2.62. The second kappa shape index (κ2) is 7.07. The summed E-state index contributed by atoms with van der Waals surface area (Å²) in [6.45, 7) is 4.99. The van der Waals surface area contributed by atoms with Crippen LogP contribution in [0.4, 0.5) is 5.69 Å². The predicted octanol–water partition coefficient (Wildman–Crippen LogP) is 3.55. The van der Waals surface area contributed by atoms with Crippen LogP contribution in [-0.2, 0) is 25.3 Å². The number of methoxy groups -OCH3 is 1. The number of rotatable bonds is 6. The molecule has 0 heterocycles. The molecule has 0 aromatic heterocycles. The topological polar surface area (TPSA) is 75.6 Å². The molecule has 0 bridgehead atoms. The third-order valence-electron chi connectivity index (χ3n) is 4.57. The second-order valence-corrected chi connectivity index (χ2v) is 6.57. The van der Waals surface area contributed by atoms with Crippen LogP contribution in [0.3, 0.4) is 0 Å². The van der Waals surface area contributed by atoms with Gasteiger partial charge in [0.2, 0.25) is 0 Å². The lowest BCUT2D eigenvalue weighted by molar-refractivity contribution is -0.142. The van der Waals surface area contributed by atoms with Crippen LogP contribution in [0.1, 0.15) is 31.9 Å². The number of anilines is 1. The molecule has 132 valence electrons. The number of amides is 1. The maximum absolute atomic E-state index is 12.7. The Kier molecular flexibility index (Phi) is 5.28. The van der Waals surface area contributed by atoms with E-state index in [4.69, 9.17) is 4.74 Å². The van der Waals surface area contributed by atoms with Gasteiger partial charge in [-0.25, -0.2) is 0 Å². The van der Waals surface area contributed by atoms with Crippen molar-refractivity contribution in [1.29, 1.82) is 0 Å². The zero-order valence-corrected chi connectivity index (χ0v) is 14.9. The number of carbonyl (C=O) groups excluding carboxylic acids is 1. The molecule has 2 aromatic carbocycles. The summed E-state index contributed by atoms with van der Waals surface area (Å²) in [5, 5.41) is 12.1. The average molecular weight is 341 g/mol. The van der Waals surface area contributed by atoms with E-state index in [1.807, 2.05) is 30.3 Å². The minimum absolute atomic E-state index is 0.300. The first kappa shape index (κ1) is 18.7. The Hall–Kier alpha value is -2.66. The molecule has 0 aliphatic heterocycles. The van der Waals surface area contributed by atoms with Crippen LogP contribution in [-0.4, -0.2) is 24.1 Å². The zero-order chi connectivity index (χ0) is 18.7. The molecule has 0 aliphatic rings. The lowest BCUT2D eigenvalue weighted by Gasteiger charge is -2.27. The summed E-state index contributed by atoms with van der Waals surface area (Å²) < 4.78 is 5.48. The van der Waals surface area contributed by atoms with Crippen LogP contribution in [0.25, 0.3) is 0 Å². The molecule has 2 N–H and O–H groups in total. The Morgan fingerprint density at radius 2 is 1.48 bits per heavy atom. The highest BCUT2D eigenvalue weighted by Crippen LogP contribution is 2.28. The number of carbonyl (C=O) groups is 2. The van der Waals surface area contributed by atoms with Gasteiger partial charge in [0.25, 0.3) is 5.91 Å². The fourth-order valence-corrected chi connectivity index (χ4v) is 2.44. The Bertz CT molecular complexity index is 753. The molecule has 25 heavy (non-hydrogen) atoms. The molecule has 0 saturated carbocycles. The molecule has 2 rings (SSSR count). The van der Waals surface area contributed by atoms with Gasteiger partial charge < -0.3 is 15.2 Å². The molecule has 0 saturated heterocycles. The van der Waals surface area contributed by atoms with Gasteiger partial charge in [-0.3, -0.25) is 9.59 Å². The smallest absolute Gasteiger partial charge is 0.313 e. The van der Waals surface area contributed by atoms with E-state index in [0.29, 0.717) is 11.3 Å². The van der Waals surface area contributed by atoms with Crippen LogP contribution in [0.15, 0.2) is 54.6 Å². The minimum atomic E-state index is -1.12. The molecule has 0 spiro atoms. The maximum Gasteiger partial charge on any atom is 0.313 e. The number of benzene rings is 2. The first-order chi connectivity index (χ1) is 11.7. The summed E-state index contributed by atoms with van der Waals surface area (Å²) in [7, 11) is 1.49. The summed E-state index contributed by atoms with van der Waals surface area (Å²) in [5.74, 6) is -1.20. The fourth-order valence-electron chi connectivity index (χ4n) is 2.44. The highest BCUT2D eigenvalue weighted by atomic mass is 16.5. The number of nitrogens with one attached hydrogen (secondary N) is 1. The van der Waals surface area contributed by atoms with Crippen molar-refractivity contribution in [1.82, 2.24) is 0 Å². The van der Waals surface area contributed by atoms with Crippen molar-refractivity contribution in [3.63, 3.8) is 0 Å². The summed E-state index contributed by atoms with van der Waals surface area (Å²) in [5.41, 5.74) is -0.128. The third-order valence-corrected chi connectivity index (χ3v) is 4.57. The van der Waals surface area contributed by atoms with Crippen molar-refractivity contribution < 1.29 is 19.4 Å². The van der Waals surface area contributed by atoms with Crippen LogP contribution in [0, 0.1) is 0 Å². The predicted molar refractivity (Wildman–Crippen MR) is 96.5 cm³/mol. The molecule has 0 radical (unpaired) electrons. The second-order valence-electron chi connectivity index (χ2n) is 6.57. The molecular weight excluding hydrogens is 318 g/mol. The quantitative estimate of drug-likeness (QED) is 0.842. The summed E-state index contributed by atoms with van der Waals surface area (Å²) in [6.07, 6.45) is 0. The largest absolute Gasteiger partial charge is 0.481 e. The standard InChI is InChI=1S/C20H23NO4/c1-19(2,18(23)24)14-10-12-16(13-11-14)21-17(22)20(3,25-4)15-8-6-5-7-9-15/h5-13H,1-4H3,(H,21,22)(H,23,24). The van der Waals surface area contributed by atoms with Crippen LogP contribution in [0.2, 0.25) is 0 Å². The summed E-state index contributed by atoms with van der Waals surface area (Å²) in [6, 6.07) is 16.0. The SMILES string of the molecule is COC(C)(C(=O)Nc1ccc(C(C)(C)C(=O)O)cc1)c1ccccc1. The number of hydrogen-bond donors (Lipinski definition) is 2. The Labute approximate surface area is 147 Å². The van der Waals surface area contributed by atoms with Crippen molar-refractivity contribution >= 4 is 17.6 Å². The van der Waals surface area contributed by atoms with Gasteiger partial charge >= 0.3 is 5.97 Å². The van der Waals surface area contributed by atoms with Gasteiger partial charge in [0.15, 0.2) is 5.60 Å². The molecule has 5 nitrogen and oxygen atoms in total. The van der Waals surface area contributed by atoms with E-state index in [2.05, 4.69) is 5.32 Å². The molecule has 5 heteroatoms. The lowest BCUT2D eigenvalue weighted by atomic mass is 9.85. The van der Waals surface area contributed by atoms with Gasteiger partial charge in [0.1, 0.15) is 0 Å². The maximum atomic E-state index is 12.7. The highest BCUT2D eigenvalue weighted by molar-refractivity contribution is 5.97. The van der Waals surface area contributed by atoms with E-state index in [-0.39, 0.29) is 5.91 Å². The third kappa shape index (κ3) is 3.72. The normalized spacial score (nSPS) is 13.8. The van der Waals surface area contributed by atoms with Gasteiger partial charge in [-0.15, -0.1) is 0 Å². The van der Waals surface area contributed by atoms with Crippen molar-refractivity contribution in [3.05, 3.63) is 65.7 Å². The van der Waals surface area contributed by atoms with Crippen molar-refractivity contribution in [2.45, 2.75) is 31.8 Å². The van der Waals surface area contributed by atoms with E-state index >= 15 is 0 Å². The Morgan fingerprint density at radius 3 is 1.96 bits per heavy atom. The van der Waals surface area contributed by atoms with Gasteiger partial charge in [-0.05, 0) is 44.0 Å². The van der Waals surface area contributed by atoms with Crippen molar-refractivity contribution in [3.8, 4) is 0 Å². The lowest BCUT2D eigenvalue weighted by Crippen LogP contribution is -2.39. The zero-order valence-electron chi connectivity index (χ0n) is 14.9. The molecule has 2 aromatic rings. The van der Waals surface area contributed by atoms with Gasteiger partial charge in [-0.2, -0.15) is 0 Å². The summed E-state index contributed by atoms with van der Waals surface area (Å²) in [4.78, 5) is 24.1. The molecule has 1 atom stereocenters. The molecule has 1 unspecified atom stereocenters. The van der Waals surface area contributed by atoms with E-state index in [1.165, 1.54) is 7.11 Å². The number of aliphatic carboxylic acids is 1. The number of ether oxygens (including phenoxy) is 1. The van der Waals surface area contributed by atoms with Gasteiger partial charge in [0.05, 0.1) is 5.41 Å². The minimum Gasteiger partial charge on any atom is -0.481 e.